The molecular weight excluding hydrogens is 348 g/mol. The normalized spacial score (nSPS) is 18.4. The summed E-state index contributed by atoms with van der Waals surface area (Å²) < 4.78 is 27.1. The molecule has 7 heteroatoms. The second-order valence-corrected chi connectivity index (χ2v) is 8.50. The van der Waals surface area contributed by atoms with Gasteiger partial charge in [-0.05, 0) is 44.0 Å². The summed E-state index contributed by atoms with van der Waals surface area (Å²) in [6.45, 7) is 1.56. The number of hydrogen-bond acceptors (Lipinski definition) is 3. The lowest BCUT2D eigenvalue weighted by molar-refractivity contribution is -0.123. The molecule has 24 heavy (non-hydrogen) atoms. The van der Waals surface area contributed by atoms with Crippen LogP contribution in [0.25, 0.3) is 0 Å². The first-order valence-electron chi connectivity index (χ1n) is 8.47. The first-order chi connectivity index (χ1) is 11.4. The minimum Gasteiger partial charge on any atom is -0.352 e. The van der Waals surface area contributed by atoms with Gasteiger partial charge >= 0.3 is 0 Å². The Bertz CT molecular complexity index is 638. The second-order valence-electron chi connectivity index (χ2n) is 6.35. The van der Waals surface area contributed by atoms with E-state index in [-0.39, 0.29) is 16.8 Å². The van der Waals surface area contributed by atoms with Crippen molar-refractivity contribution in [3.05, 3.63) is 29.3 Å². The molecule has 1 fully saturated rings. The van der Waals surface area contributed by atoms with Crippen molar-refractivity contribution >= 4 is 27.5 Å². The maximum Gasteiger partial charge on any atom is 0.241 e. The summed E-state index contributed by atoms with van der Waals surface area (Å²) in [5, 5.41) is 3.44. The van der Waals surface area contributed by atoms with E-state index in [0.29, 0.717) is 5.02 Å². The van der Waals surface area contributed by atoms with E-state index >= 15 is 0 Å². The average molecular weight is 373 g/mol. The molecule has 0 heterocycles. The largest absolute Gasteiger partial charge is 0.352 e. The molecule has 0 radical (unpaired) electrons. The van der Waals surface area contributed by atoms with Crippen molar-refractivity contribution in [2.24, 2.45) is 0 Å². The Hall–Kier alpha value is -1.11. The molecule has 1 atom stereocenters. The van der Waals surface area contributed by atoms with Crippen LogP contribution < -0.4 is 10.0 Å². The molecule has 2 rings (SSSR count). The van der Waals surface area contributed by atoms with Gasteiger partial charge in [0.15, 0.2) is 0 Å². The highest BCUT2D eigenvalue weighted by atomic mass is 35.5. The van der Waals surface area contributed by atoms with Crippen molar-refractivity contribution in [2.75, 3.05) is 0 Å². The molecule has 5 nitrogen and oxygen atoms in total. The number of carbonyl (C=O) groups excluding carboxylic acids is 1. The number of halogens is 1. The molecule has 0 bridgehead atoms. The third kappa shape index (κ3) is 5.76. The highest BCUT2D eigenvalue weighted by Gasteiger charge is 2.24. The lowest BCUT2D eigenvalue weighted by atomic mass is 9.96. The predicted molar refractivity (Wildman–Crippen MR) is 95.5 cm³/mol. The average Bonchev–Trinajstić information content (AvgIpc) is 2.49. The van der Waals surface area contributed by atoms with Gasteiger partial charge in [-0.1, -0.05) is 43.7 Å². The molecule has 2 N–H and O–H groups in total. The SMILES string of the molecule is C[C@@H](NS(=O)(=O)c1ccc(Cl)cc1)C(=O)NC1CCCCCCC1. The van der Waals surface area contributed by atoms with Gasteiger partial charge in [0.1, 0.15) is 0 Å². The maximum absolute atomic E-state index is 12.3. The molecule has 1 amide bonds. The van der Waals surface area contributed by atoms with Crippen molar-refractivity contribution in [3.63, 3.8) is 0 Å². The Labute approximate surface area is 149 Å². The van der Waals surface area contributed by atoms with Crippen LogP contribution in [0, 0.1) is 0 Å². The van der Waals surface area contributed by atoms with Crippen LogP contribution in [0.5, 0.6) is 0 Å². The van der Waals surface area contributed by atoms with Crippen molar-refractivity contribution in [1.82, 2.24) is 10.0 Å². The van der Waals surface area contributed by atoms with Crippen LogP contribution in [-0.2, 0) is 14.8 Å². The number of carbonyl (C=O) groups is 1. The van der Waals surface area contributed by atoms with E-state index in [0.717, 1.165) is 25.7 Å². The minimum atomic E-state index is -3.74. The van der Waals surface area contributed by atoms with Gasteiger partial charge in [0.2, 0.25) is 15.9 Å². The zero-order valence-electron chi connectivity index (χ0n) is 13.9. The summed E-state index contributed by atoms with van der Waals surface area (Å²) in [6, 6.07) is 5.18. The van der Waals surface area contributed by atoms with Gasteiger partial charge in [0.25, 0.3) is 0 Å². The molecule has 0 aliphatic heterocycles. The van der Waals surface area contributed by atoms with Crippen LogP contribution >= 0.6 is 11.6 Å². The van der Waals surface area contributed by atoms with Gasteiger partial charge in [-0.2, -0.15) is 4.72 Å². The van der Waals surface area contributed by atoms with Gasteiger partial charge in [-0.25, -0.2) is 8.42 Å². The third-order valence-electron chi connectivity index (χ3n) is 4.30. The summed E-state index contributed by atoms with van der Waals surface area (Å²) in [5.41, 5.74) is 0. The topological polar surface area (TPSA) is 75.3 Å². The smallest absolute Gasteiger partial charge is 0.241 e. The van der Waals surface area contributed by atoms with Crippen molar-refractivity contribution in [3.8, 4) is 0 Å². The van der Waals surface area contributed by atoms with E-state index in [1.807, 2.05) is 0 Å². The summed E-state index contributed by atoms with van der Waals surface area (Å²) in [6.07, 6.45) is 7.80. The summed E-state index contributed by atoms with van der Waals surface area (Å²) >= 11 is 5.77. The van der Waals surface area contributed by atoms with E-state index in [1.54, 1.807) is 6.92 Å². The molecule has 0 spiro atoms. The van der Waals surface area contributed by atoms with E-state index in [1.165, 1.54) is 43.5 Å². The van der Waals surface area contributed by atoms with Crippen LogP contribution in [0.3, 0.4) is 0 Å². The molecule has 1 aliphatic rings. The van der Waals surface area contributed by atoms with Gasteiger partial charge in [0.05, 0.1) is 10.9 Å². The number of rotatable bonds is 5. The molecule has 1 aliphatic carbocycles. The summed E-state index contributed by atoms with van der Waals surface area (Å²) in [4.78, 5) is 12.4. The number of sulfonamides is 1. The first-order valence-corrected chi connectivity index (χ1v) is 10.3. The third-order valence-corrected chi connectivity index (χ3v) is 6.11. The van der Waals surface area contributed by atoms with Crippen molar-refractivity contribution < 1.29 is 13.2 Å². The van der Waals surface area contributed by atoms with Crippen molar-refractivity contribution in [2.45, 2.75) is 68.8 Å². The standard InChI is InChI=1S/C17H25ClN2O3S/c1-13(17(21)19-15-7-5-3-2-4-6-8-15)20-24(22,23)16-11-9-14(18)10-12-16/h9-13,15,20H,2-8H2,1H3,(H,19,21)/t13-/m1/s1. The fourth-order valence-electron chi connectivity index (χ4n) is 2.89. The fourth-order valence-corrected chi connectivity index (χ4v) is 4.22. The first kappa shape index (κ1) is 19.2. The number of amides is 1. The Kier molecular flexibility index (Phi) is 7.07. The van der Waals surface area contributed by atoms with E-state index in [9.17, 15) is 13.2 Å². The Morgan fingerprint density at radius 2 is 1.62 bits per heavy atom. The molecule has 1 saturated carbocycles. The zero-order valence-corrected chi connectivity index (χ0v) is 15.5. The van der Waals surface area contributed by atoms with E-state index < -0.39 is 16.1 Å². The molecular formula is C17H25ClN2O3S. The second kappa shape index (κ2) is 8.83. The van der Waals surface area contributed by atoms with Gasteiger partial charge in [-0.15, -0.1) is 0 Å². The van der Waals surface area contributed by atoms with E-state index in [2.05, 4.69) is 10.0 Å². The number of hydrogen-bond donors (Lipinski definition) is 2. The van der Waals surface area contributed by atoms with Crippen molar-refractivity contribution in [1.29, 1.82) is 0 Å². The Balaban J connectivity index is 1.93. The summed E-state index contributed by atoms with van der Waals surface area (Å²) in [7, 11) is -3.74. The molecule has 1 aromatic rings. The highest BCUT2D eigenvalue weighted by Crippen LogP contribution is 2.17. The number of benzene rings is 1. The van der Waals surface area contributed by atoms with Crippen LogP contribution in [0.4, 0.5) is 0 Å². The molecule has 0 unspecified atom stereocenters. The van der Waals surface area contributed by atoms with Crippen LogP contribution in [0.15, 0.2) is 29.2 Å². The number of nitrogens with one attached hydrogen (secondary N) is 2. The predicted octanol–water partition coefficient (Wildman–Crippen LogP) is 3.24. The minimum absolute atomic E-state index is 0.0949. The molecule has 1 aromatic carbocycles. The quantitative estimate of drug-likeness (QED) is 0.833. The monoisotopic (exact) mass is 372 g/mol. The van der Waals surface area contributed by atoms with Gasteiger partial charge < -0.3 is 5.32 Å². The molecule has 134 valence electrons. The van der Waals surface area contributed by atoms with Gasteiger partial charge in [0, 0.05) is 11.1 Å². The van der Waals surface area contributed by atoms with Crippen LogP contribution in [0.2, 0.25) is 5.02 Å². The lowest BCUT2D eigenvalue weighted by Crippen LogP contribution is -2.48. The van der Waals surface area contributed by atoms with Crippen LogP contribution in [0.1, 0.15) is 51.9 Å². The zero-order chi connectivity index (χ0) is 17.6. The summed E-state index contributed by atoms with van der Waals surface area (Å²) in [5.74, 6) is -0.280. The van der Waals surface area contributed by atoms with E-state index in [4.69, 9.17) is 11.6 Å². The Morgan fingerprint density at radius 1 is 1.08 bits per heavy atom. The molecule has 0 saturated heterocycles. The van der Waals surface area contributed by atoms with Gasteiger partial charge in [-0.3, -0.25) is 4.79 Å². The lowest BCUT2D eigenvalue weighted by Gasteiger charge is -2.23. The molecule has 0 aromatic heterocycles. The highest BCUT2D eigenvalue weighted by molar-refractivity contribution is 7.89. The van der Waals surface area contributed by atoms with Crippen LogP contribution in [-0.4, -0.2) is 26.4 Å². The maximum atomic E-state index is 12.3. The Morgan fingerprint density at radius 3 is 2.21 bits per heavy atom. The fraction of sp³-hybridized carbons (Fsp3) is 0.588.